The van der Waals surface area contributed by atoms with Crippen LogP contribution in [0.2, 0.25) is 0 Å². The molecule has 0 saturated heterocycles. The Morgan fingerprint density at radius 1 is 1.12 bits per heavy atom. The topological polar surface area (TPSA) is 76.0 Å². The molecule has 0 aliphatic carbocycles. The zero-order valence-corrected chi connectivity index (χ0v) is 13.8. The van der Waals surface area contributed by atoms with Crippen molar-refractivity contribution in [2.45, 2.75) is 6.42 Å². The molecular formula is C19H18N4O2. The molecular weight excluding hydrogens is 316 g/mol. The number of rotatable bonds is 6. The smallest absolute Gasteiger partial charge is 0.321 e. The number of benzene rings is 2. The summed E-state index contributed by atoms with van der Waals surface area (Å²) < 4.78 is 10.4. The highest BCUT2D eigenvalue weighted by atomic mass is 16.5. The second-order valence-electron chi connectivity index (χ2n) is 5.69. The predicted molar refractivity (Wildman–Crippen MR) is 96.8 cm³/mol. The van der Waals surface area contributed by atoms with E-state index in [0.29, 0.717) is 18.4 Å². The van der Waals surface area contributed by atoms with E-state index in [1.54, 1.807) is 7.11 Å². The van der Waals surface area contributed by atoms with Crippen LogP contribution in [0.5, 0.6) is 5.75 Å². The fraction of sp³-hybridized carbons (Fsp3) is 0.158. The Balaban J connectivity index is 1.39. The molecule has 0 saturated carbocycles. The summed E-state index contributed by atoms with van der Waals surface area (Å²) >= 11 is 0. The fourth-order valence-electron chi connectivity index (χ4n) is 2.80. The molecule has 2 N–H and O–H groups in total. The van der Waals surface area contributed by atoms with Gasteiger partial charge in [0.2, 0.25) is 5.82 Å². The van der Waals surface area contributed by atoms with E-state index < -0.39 is 0 Å². The second-order valence-corrected chi connectivity index (χ2v) is 5.69. The van der Waals surface area contributed by atoms with Crippen LogP contribution in [-0.4, -0.2) is 28.8 Å². The normalized spacial score (nSPS) is 10.9. The van der Waals surface area contributed by atoms with Crippen LogP contribution in [0, 0.1) is 0 Å². The number of methoxy groups -OCH3 is 1. The summed E-state index contributed by atoms with van der Waals surface area (Å²) in [6, 6.07) is 16.2. The molecule has 0 spiro atoms. The van der Waals surface area contributed by atoms with Crippen molar-refractivity contribution in [1.29, 1.82) is 0 Å². The first kappa shape index (κ1) is 15.3. The molecule has 6 nitrogen and oxygen atoms in total. The SMILES string of the molecule is COc1ccc(-c2noc(NCCc3c[nH]c4ccccc34)n2)cc1. The van der Waals surface area contributed by atoms with Gasteiger partial charge in [0, 0.05) is 29.2 Å². The Morgan fingerprint density at radius 3 is 2.80 bits per heavy atom. The first-order valence-electron chi connectivity index (χ1n) is 8.10. The zero-order valence-electron chi connectivity index (χ0n) is 13.8. The van der Waals surface area contributed by atoms with Crippen LogP contribution in [0.25, 0.3) is 22.3 Å². The van der Waals surface area contributed by atoms with Crippen LogP contribution in [0.15, 0.2) is 59.3 Å². The number of H-pyrrole nitrogens is 1. The number of para-hydroxylation sites is 1. The number of hydrogen-bond acceptors (Lipinski definition) is 5. The van der Waals surface area contributed by atoms with Crippen LogP contribution in [-0.2, 0) is 6.42 Å². The van der Waals surface area contributed by atoms with Gasteiger partial charge in [-0.2, -0.15) is 4.98 Å². The van der Waals surface area contributed by atoms with E-state index in [1.807, 2.05) is 42.6 Å². The van der Waals surface area contributed by atoms with Gasteiger partial charge in [-0.1, -0.05) is 23.4 Å². The molecule has 2 aromatic heterocycles. The van der Waals surface area contributed by atoms with Gasteiger partial charge < -0.3 is 19.6 Å². The maximum Gasteiger partial charge on any atom is 0.321 e. The van der Waals surface area contributed by atoms with Gasteiger partial charge in [-0.25, -0.2) is 0 Å². The van der Waals surface area contributed by atoms with Crippen molar-refractivity contribution < 1.29 is 9.26 Å². The Kier molecular flexibility index (Phi) is 4.08. The lowest BCUT2D eigenvalue weighted by Crippen LogP contribution is -2.04. The number of nitrogens with zero attached hydrogens (tertiary/aromatic N) is 2. The molecule has 2 aromatic carbocycles. The van der Waals surface area contributed by atoms with Crippen LogP contribution < -0.4 is 10.1 Å². The predicted octanol–water partition coefficient (Wildman–Crippen LogP) is 3.88. The van der Waals surface area contributed by atoms with E-state index in [4.69, 9.17) is 9.26 Å². The summed E-state index contributed by atoms with van der Waals surface area (Å²) in [5.74, 6) is 1.35. The molecule has 0 unspecified atom stereocenters. The summed E-state index contributed by atoms with van der Waals surface area (Å²) in [6.07, 6.45) is 2.91. The molecule has 2 heterocycles. The number of nitrogens with one attached hydrogen (secondary N) is 2. The molecule has 6 heteroatoms. The van der Waals surface area contributed by atoms with Crippen molar-refractivity contribution >= 4 is 16.9 Å². The number of anilines is 1. The first-order valence-corrected chi connectivity index (χ1v) is 8.10. The number of hydrogen-bond donors (Lipinski definition) is 2. The molecule has 4 rings (SSSR count). The lowest BCUT2D eigenvalue weighted by molar-refractivity contribution is 0.415. The fourth-order valence-corrected chi connectivity index (χ4v) is 2.80. The average molecular weight is 334 g/mol. The molecule has 0 radical (unpaired) electrons. The molecule has 0 fully saturated rings. The van der Waals surface area contributed by atoms with Gasteiger partial charge in [0.1, 0.15) is 5.75 Å². The molecule has 0 bridgehead atoms. The summed E-state index contributed by atoms with van der Waals surface area (Å²) in [5, 5.41) is 8.44. The lowest BCUT2D eigenvalue weighted by atomic mass is 10.1. The van der Waals surface area contributed by atoms with Crippen molar-refractivity contribution in [2.75, 3.05) is 19.0 Å². The van der Waals surface area contributed by atoms with Gasteiger partial charge in [-0.3, -0.25) is 0 Å². The summed E-state index contributed by atoms with van der Waals surface area (Å²) in [7, 11) is 1.64. The minimum Gasteiger partial charge on any atom is -0.497 e. The number of aromatic nitrogens is 3. The lowest BCUT2D eigenvalue weighted by Gasteiger charge is -2.00. The third kappa shape index (κ3) is 3.19. The molecule has 25 heavy (non-hydrogen) atoms. The Bertz CT molecular complexity index is 972. The van der Waals surface area contributed by atoms with Gasteiger partial charge in [-0.15, -0.1) is 0 Å². The van der Waals surface area contributed by atoms with Crippen molar-refractivity contribution in [1.82, 2.24) is 15.1 Å². The van der Waals surface area contributed by atoms with Gasteiger partial charge in [-0.05, 0) is 42.3 Å². The highest BCUT2D eigenvalue weighted by Crippen LogP contribution is 2.21. The zero-order chi connectivity index (χ0) is 17.1. The monoisotopic (exact) mass is 334 g/mol. The molecule has 0 atom stereocenters. The average Bonchev–Trinajstić information content (AvgIpc) is 3.30. The van der Waals surface area contributed by atoms with Crippen molar-refractivity contribution in [2.24, 2.45) is 0 Å². The second kappa shape index (κ2) is 6.68. The Hall–Kier alpha value is -3.28. The van der Waals surface area contributed by atoms with Crippen LogP contribution >= 0.6 is 0 Å². The number of fused-ring (bicyclic) bond motifs is 1. The third-order valence-corrected chi connectivity index (χ3v) is 4.12. The maximum atomic E-state index is 5.27. The highest BCUT2D eigenvalue weighted by Gasteiger charge is 2.09. The molecule has 4 aromatic rings. The van der Waals surface area contributed by atoms with Crippen LogP contribution in [0.4, 0.5) is 6.01 Å². The van der Waals surface area contributed by atoms with Crippen molar-refractivity contribution in [3.8, 4) is 17.1 Å². The highest BCUT2D eigenvalue weighted by molar-refractivity contribution is 5.83. The van der Waals surface area contributed by atoms with Gasteiger partial charge >= 0.3 is 6.01 Å². The maximum absolute atomic E-state index is 5.27. The third-order valence-electron chi connectivity index (χ3n) is 4.12. The van der Waals surface area contributed by atoms with E-state index in [-0.39, 0.29) is 0 Å². The Morgan fingerprint density at radius 2 is 1.96 bits per heavy atom. The van der Waals surface area contributed by atoms with Crippen LogP contribution in [0.1, 0.15) is 5.56 Å². The summed E-state index contributed by atoms with van der Waals surface area (Å²) in [5.41, 5.74) is 3.30. The number of aromatic amines is 1. The van der Waals surface area contributed by atoms with Crippen molar-refractivity contribution in [3.63, 3.8) is 0 Å². The molecule has 0 aliphatic rings. The minimum atomic E-state index is 0.422. The van der Waals surface area contributed by atoms with E-state index >= 15 is 0 Å². The Labute approximate surface area is 144 Å². The quantitative estimate of drug-likeness (QED) is 0.559. The van der Waals surface area contributed by atoms with E-state index in [0.717, 1.165) is 23.3 Å². The summed E-state index contributed by atoms with van der Waals surface area (Å²) in [6.45, 7) is 0.714. The number of ether oxygens (including phenoxy) is 1. The minimum absolute atomic E-state index is 0.422. The van der Waals surface area contributed by atoms with Gasteiger partial charge in [0.15, 0.2) is 0 Å². The summed E-state index contributed by atoms with van der Waals surface area (Å²) in [4.78, 5) is 7.66. The molecule has 0 amide bonds. The van der Waals surface area contributed by atoms with E-state index in [9.17, 15) is 0 Å². The van der Waals surface area contributed by atoms with Gasteiger partial charge in [0.05, 0.1) is 7.11 Å². The van der Waals surface area contributed by atoms with Crippen molar-refractivity contribution in [3.05, 3.63) is 60.3 Å². The largest absolute Gasteiger partial charge is 0.497 e. The molecule has 0 aliphatic heterocycles. The van der Waals surface area contributed by atoms with Crippen LogP contribution in [0.3, 0.4) is 0 Å². The van der Waals surface area contributed by atoms with Gasteiger partial charge in [0.25, 0.3) is 0 Å². The first-order chi connectivity index (χ1) is 12.3. The molecule has 126 valence electrons. The van der Waals surface area contributed by atoms with E-state index in [2.05, 4.69) is 32.6 Å². The van der Waals surface area contributed by atoms with E-state index in [1.165, 1.54) is 10.9 Å². The standard InChI is InChI=1S/C19H18N4O2/c1-24-15-8-6-13(7-9-15)18-22-19(25-23-18)20-11-10-14-12-21-17-5-3-2-4-16(14)17/h2-9,12,21H,10-11H2,1H3,(H,20,22,23).